The van der Waals surface area contributed by atoms with E-state index in [0.717, 1.165) is 4.90 Å². The van der Waals surface area contributed by atoms with Crippen LogP contribution in [-0.4, -0.2) is 0 Å². The minimum atomic E-state index is 1.03. The van der Waals surface area contributed by atoms with E-state index in [2.05, 4.69) is 67.2 Å². The van der Waals surface area contributed by atoms with E-state index in [1.807, 2.05) is 23.5 Å². The molecule has 96 valence electrons. The van der Waals surface area contributed by atoms with Gasteiger partial charge in [-0.1, -0.05) is 54.6 Å². The van der Waals surface area contributed by atoms with Crippen molar-refractivity contribution in [3.05, 3.63) is 66.7 Å². The maximum atomic E-state index is 4.60. The molecule has 0 aliphatic heterocycles. The van der Waals surface area contributed by atoms with Gasteiger partial charge in [0.05, 0.1) is 0 Å². The van der Waals surface area contributed by atoms with Crippen molar-refractivity contribution in [3.8, 4) is 11.1 Å². The minimum Gasteiger partial charge on any atom is -0.143 e. The first kappa shape index (κ1) is 12.0. The molecular weight excluding hydrogens is 280 g/mol. The predicted octanol–water partition coefficient (Wildman–Crippen LogP) is 6.01. The summed E-state index contributed by atoms with van der Waals surface area (Å²) in [6.45, 7) is 0. The summed E-state index contributed by atoms with van der Waals surface area (Å²) in [5.74, 6) is 0. The van der Waals surface area contributed by atoms with E-state index in [-0.39, 0.29) is 0 Å². The number of rotatable bonds is 1. The number of hydrogen-bond donors (Lipinski definition) is 1. The summed E-state index contributed by atoms with van der Waals surface area (Å²) in [6, 6.07) is 23.4. The van der Waals surface area contributed by atoms with Gasteiger partial charge in [0, 0.05) is 30.6 Å². The second kappa shape index (κ2) is 4.65. The summed E-state index contributed by atoms with van der Waals surface area (Å²) in [5.41, 5.74) is 2.47. The van der Waals surface area contributed by atoms with Gasteiger partial charge >= 0.3 is 0 Å². The Hall–Kier alpha value is -1.77. The summed E-state index contributed by atoms with van der Waals surface area (Å²) >= 11 is 6.46. The lowest BCUT2D eigenvalue weighted by Gasteiger charge is -2.06. The highest BCUT2D eigenvalue weighted by Crippen LogP contribution is 2.40. The molecule has 0 bridgehead atoms. The third-order valence-electron chi connectivity index (χ3n) is 3.60. The van der Waals surface area contributed by atoms with Crippen molar-refractivity contribution < 1.29 is 0 Å². The molecule has 0 aliphatic carbocycles. The van der Waals surface area contributed by atoms with Gasteiger partial charge in [-0.25, -0.2) is 0 Å². The van der Waals surface area contributed by atoms with E-state index in [1.165, 1.54) is 31.3 Å². The highest BCUT2D eigenvalue weighted by atomic mass is 32.1. The molecule has 3 aromatic carbocycles. The molecular formula is C18H12S2. The molecule has 0 unspecified atom stereocenters. The molecule has 0 radical (unpaired) electrons. The van der Waals surface area contributed by atoms with Gasteiger partial charge in [0.2, 0.25) is 0 Å². The summed E-state index contributed by atoms with van der Waals surface area (Å²) in [5, 5.41) is 2.67. The lowest BCUT2D eigenvalue weighted by molar-refractivity contribution is 1.47. The number of benzene rings is 3. The third-order valence-corrected chi connectivity index (χ3v) is 5.21. The summed E-state index contributed by atoms with van der Waals surface area (Å²) in [6.07, 6.45) is 0. The van der Waals surface area contributed by atoms with Crippen molar-refractivity contribution in [1.29, 1.82) is 0 Å². The average molecular weight is 292 g/mol. The number of thiol groups is 1. The summed E-state index contributed by atoms with van der Waals surface area (Å²) < 4.78 is 2.68. The van der Waals surface area contributed by atoms with Crippen LogP contribution in [0.5, 0.6) is 0 Å². The lowest BCUT2D eigenvalue weighted by Crippen LogP contribution is -1.79. The van der Waals surface area contributed by atoms with Gasteiger partial charge in [-0.3, -0.25) is 0 Å². The molecule has 0 nitrogen and oxygen atoms in total. The number of thiophene rings is 1. The van der Waals surface area contributed by atoms with Crippen LogP contribution in [0.4, 0.5) is 0 Å². The first-order valence-corrected chi connectivity index (χ1v) is 7.79. The maximum Gasteiger partial charge on any atom is 0.0434 e. The average Bonchev–Trinajstić information content (AvgIpc) is 2.86. The van der Waals surface area contributed by atoms with Crippen molar-refractivity contribution in [3.63, 3.8) is 0 Å². The highest BCUT2D eigenvalue weighted by Gasteiger charge is 2.10. The van der Waals surface area contributed by atoms with Crippen molar-refractivity contribution in [2.75, 3.05) is 0 Å². The Morgan fingerprint density at radius 2 is 1.35 bits per heavy atom. The smallest absolute Gasteiger partial charge is 0.0434 e. The van der Waals surface area contributed by atoms with Crippen LogP contribution in [0, 0.1) is 0 Å². The Bertz CT molecular complexity index is 919. The largest absolute Gasteiger partial charge is 0.143 e. The second-order valence-corrected chi connectivity index (χ2v) is 6.33. The molecule has 1 aromatic heterocycles. The van der Waals surface area contributed by atoms with Crippen molar-refractivity contribution in [2.24, 2.45) is 0 Å². The minimum absolute atomic E-state index is 1.03. The van der Waals surface area contributed by atoms with E-state index < -0.39 is 0 Å². The van der Waals surface area contributed by atoms with Gasteiger partial charge in [-0.15, -0.1) is 24.0 Å². The van der Waals surface area contributed by atoms with Crippen LogP contribution >= 0.6 is 24.0 Å². The Labute approximate surface area is 127 Å². The number of hydrogen-bond acceptors (Lipinski definition) is 2. The molecule has 0 amide bonds. The fourth-order valence-corrected chi connectivity index (χ4v) is 4.17. The Morgan fingerprint density at radius 1 is 0.650 bits per heavy atom. The third kappa shape index (κ3) is 1.76. The Morgan fingerprint density at radius 3 is 2.25 bits per heavy atom. The van der Waals surface area contributed by atoms with Gasteiger partial charge in [0.25, 0.3) is 0 Å². The van der Waals surface area contributed by atoms with Crippen molar-refractivity contribution >= 4 is 44.1 Å². The summed E-state index contributed by atoms with van der Waals surface area (Å²) in [4.78, 5) is 1.03. The molecule has 0 atom stereocenters. The van der Waals surface area contributed by atoms with E-state index in [9.17, 15) is 0 Å². The zero-order valence-electron chi connectivity index (χ0n) is 10.7. The zero-order chi connectivity index (χ0) is 13.5. The standard InChI is InChI=1S/C18H12S2/c19-16-10-3-1-6-12(16)14-8-5-9-15-13-7-2-4-11-17(13)20-18(14)15/h1-11,19H. The van der Waals surface area contributed by atoms with Crippen LogP contribution in [0.15, 0.2) is 71.6 Å². The Kier molecular flexibility index (Phi) is 2.79. The molecule has 0 spiro atoms. The van der Waals surface area contributed by atoms with E-state index in [1.54, 1.807) is 0 Å². The summed E-state index contributed by atoms with van der Waals surface area (Å²) in [7, 11) is 0. The molecule has 0 saturated heterocycles. The van der Waals surface area contributed by atoms with Gasteiger partial charge in [-0.05, 0) is 17.7 Å². The molecule has 4 aromatic rings. The molecule has 1 heterocycles. The lowest BCUT2D eigenvalue weighted by atomic mass is 10.0. The van der Waals surface area contributed by atoms with Crippen LogP contribution in [0.1, 0.15) is 0 Å². The molecule has 0 N–H and O–H groups in total. The van der Waals surface area contributed by atoms with Gasteiger partial charge in [0.15, 0.2) is 0 Å². The predicted molar refractivity (Wildman–Crippen MR) is 92.0 cm³/mol. The van der Waals surface area contributed by atoms with Crippen molar-refractivity contribution in [2.45, 2.75) is 4.90 Å². The molecule has 0 aliphatic rings. The first-order valence-electron chi connectivity index (χ1n) is 6.53. The van der Waals surface area contributed by atoms with E-state index >= 15 is 0 Å². The molecule has 4 rings (SSSR count). The topological polar surface area (TPSA) is 0 Å². The van der Waals surface area contributed by atoms with Crippen LogP contribution < -0.4 is 0 Å². The fourth-order valence-electron chi connectivity index (χ4n) is 2.66. The van der Waals surface area contributed by atoms with Crippen LogP contribution in [0.25, 0.3) is 31.3 Å². The number of fused-ring (bicyclic) bond motifs is 3. The van der Waals surface area contributed by atoms with E-state index in [4.69, 9.17) is 0 Å². The molecule has 2 heteroatoms. The van der Waals surface area contributed by atoms with E-state index in [0.29, 0.717) is 0 Å². The fraction of sp³-hybridized carbons (Fsp3) is 0. The zero-order valence-corrected chi connectivity index (χ0v) is 12.4. The SMILES string of the molecule is Sc1ccccc1-c1cccc2c1sc1ccccc12. The monoisotopic (exact) mass is 292 g/mol. The highest BCUT2D eigenvalue weighted by molar-refractivity contribution is 7.80. The second-order valence-electron chi connectivity index (χ2n) is 4.80. The normalized spacial score (nSPS) is 11.2. The van der Waals surface area contributed by atoms with Gasteiger partial charge in [-0.2, -0.15) is 0 Å². The van der Waals surface area contributed by atoms with Gasteiger partial charge in [0.1, 0.15) is 0 Å². The first-order chi connectivity index (χ1) is 9.84. The Balaban J connectivity index is 2.13. The molecule has 20 heavy (non-hydrogen) atoms. The molecule has 0 saturated carbocycles. The maximum absolute atomic E-state index is 4.60. The van der Waals surface area contributed by atoms with Crippen molar-refractivity contribution in [1.82, 2.24) is 0 Å². The quantitative estimate of drug-likeness (QED) is 0.408. The van der Waals surface area contributed by atoms with Crippen LogP contribution in [-0.2, 0) is 0 Å². The van der Waals surface area contributed by atoms with Gasteiger partial charge < -0.3 is 0 Å². The van der Waals surface area contributed by atoms with Crippen LogP contribution in [0.2, 0.25) is 0 Å². The van der Waals surface area contributed by atoms with Crippen LogP contribution in [0.3, 0.4) is 0 Å². The molecule has 0 fully saturated rings.